The maximum atomic E-state index is 14.2. The number of halogens is 1. The molecule has 1 aromatic heterocycles. The molecule has 0 aliphatic heterocycles. The van der Waals surface area contributed by atoms with Crippen molar-refractivity contribution >= 4 is 11.3 Å². The maximum absolute atomic E-state index is 14.2. The first-order valence-corrected chi connectivity index (χ1v) is 7.44. The van der Waals surface area contributed by atoms with Crippen molar-refractivity contribution in [2.75, 3.05) is 13.7 Å². The van der Waals surface area contributed by atoms with Crippen LogP contribution in [0.3, 0.4) is 0 Å². The summed E-state index contributed by atoms with van der Waals surface area (Å²) in [5, 5.41) is 4.41. The average Bonchev–Trinajstić information content (AvgIpc) is 2.87. The van der Waals surface area contributed by atoms with Crippen LogP contribution in [-0.2, 0) is 6.42 Å². The Labute approximate surface area is 122 Å². The number of hydrogen-bond donors (Lipinski definition) is 1. The Kier molecular flexibility index (Phi) is 5.09. The van der Waals surface area contributed by atoms with E-state index in [2.05, 4.69) is 10.3 Å². The molecule has 3 nitrogen and oxygen atoms in total. The van der Waals surface area contributed by atoms with Gasteiger partial charge in [0.1, 0.15) is 0 Å². The van der Waals surface area contributed by atoms with E-state index in [1.165, 1.54) is 7.11 Å². The Hall–Kier alpha value is -1.46. The van der Waals surface area contributed by atoms with Crippen LogP contribution in [0.15, 0.2) is 24.4 Å². The van der Waals surface area contributed by atoms with Gasteiger partial charge in [-0.25, -0.2) is 9.37 Å². The van der Waals surface area contributed by atoms with Crippen molar-refractivity contribution in [2.45, 2.75) is 26.3 Å². The minimum Gasteiger partial charge on any atom is -0.494 e. The molecule has 0 aliphatic carbocycles. The lowest BCUT2D eigenvalue weighted by Crippen LogP contribution is -2.22. The number of thiazole rings is 1. The monoisotopic (exact) mass is 294 g/mol. The third-order valence-electron chi connectivity index (χ3n) is 3.12. The summed E-state index contributed by atoms with van der Waals surface area (Å²) >= 11 is 1.64. The lowest BCUT2D eigenvalue weighted by molar-refractivity contribution is 0.382. The Morgan fingerprint density at radius 2 is 2.25 bits per heavy atom. The smallest absolute Gasteiger partial charge is 0.168 e. The first-order valence-electron chi connectivity index (χ1n) is 6.62. The van der Waals surface area contributed by atoms with E-state index >= 15 is 0 Å². The van der Waals surface area contributed by atoms with Crippen molar-refractivity contribution in [1.29, 1.82) is 0 Å². The van der Waals surface area contributed by atoms with E-state index in [9.17, 15) is 4.39 Å². The molecule has 2 aromatic rings. The highest BCUT2D eigenvalue weighted by Gasteiger charge is 2.17. The molecule has 1 atom stereocenters. The Morgan fingerprint density at radius 1 is 1.45 bits per heavy atom. The molecule has 108 valence electrons. The molecular weight excluding hydrogens is 275 g/mol. The molecule has 0 saturated carbocycles. The third kappa shape index (κ3) is 3.35. The van der Waals surface area contributed by atoms with E-state index in [-0.39, 0.29) is 11.9 Å². The Bertz CT molecular complexity index is 571. The Morgan fingerprint density at radius 3 is 2.85 bits per heavy atom. The number of ether oxygens (including phenoxy) is 1. The minimum atomic E-state index is -0.279. The standard InChI is InChI=1S/C15H19FN2OS/c1-4-17-12(14-9-18-10(2)20-14)8-11-6-5-7-13(19-3)15(11)16/h5-7,9,12,17H,4,8H2,1-3H3. The van der Waals surface area contributed by atoms with Gasteiger partial charge in [0.2, 0.25) is 0 Å². The lowest BCUT2D eigenvalue weighted by Gasteiger charge is -2.17. The molecule has 2 rings (SSSR count). The van der Waals surface area contributed by atoms with Gasteiger partial charge in [0.05, 0.1) is 12.1 Å². The van der Waals surface area contributed by atoms with Crippen molar-refractivity contribution in [3.05, 3.63) is 45.7 Å². The summed E-state index contributed by atoms with van der Waals surface area (Å²) in [5.74, 6) is 0.0115. The fourth-order valence-electron chi connectivity index (χ4n) is 2.15. The van der Waals surface area contributed by atoms with E-state index in [1.54, 1.807) is 23.5 Å². The summed E-state index contributed by atoms with van der Waals surface area (Å²) in [7, 11) is 1.48. The van der Waals surface area contributed by atoms with Crippen LogP contribution in [0.2, 0.25) is 0 Å². The fourth-order valence-corrected chi connectivity index (χ4v) is 3.01. The molecule has 0 fully saturated rings. The molecule has 1 aromatic carbocycles. The number of methoxy groups -OCH3 is 1. The Balaban J connectivity index is 2.24. The molecule has 1 unspecified atom stereocenters. The molecule has 5 heteroatoms. The summed E-state index contributed by atoms with van der Waals surface area (Å²) in [5.41, 5.74) is 0.654. The van der Waals surface area contributed by atoms with Crippen molar-refractivity contribution in [1.82, 2.24) is 10.3 Å². The summed E-state index contributed by atoms with van der Waals surface area (Å²) in [4.78, 5) is 5.41. The van der Waals surface area contributed by atoms with Crippen LogP contribution >= 0.6 is 11.3 Å². The second-order valence-electron chi connectivity index (χ2n) is 4.53. The first kappa shape index (κ1) is 14.9. The molecular formula is C15H19FN2OS. The number of benzene rings is 1. The first-order chi connectivity index (χ1) is 9.65. The third-order valence-corrected chi connectivity index (χ3v) is 4.15. The quantitative estimate of drug-likeness (QED) is 0.885. The second-order valence-corrected chi connectivity index (χ2v) is 5.80. The van der Waals surface area contributed by atoms with Crippen LogP contribution in [0, 0.1) is 12.7 Å². The summed E-state index contributed by atoms with van der Waals surface area (Å²) in [6.07, 6.45) is 2.45. The molecule has 1 heterocycles. The predicted octanol–water partition coefficient (Wildman–Crippen LogP) is 3.49. The maximum Gasteiger partial charge on any atom is 0.168 e. The molecule has 0 saturated heterocycles. The zero-order valence-electron chi connectivity index (χ0n) is 11.9. The van der Waals surface area contributed by atoms with Gasteiger partial charge in [-0.05, 0) is 31.5 Å². The number of hydrogen-bond acceptors (Lipinski definition) is 4. The van der Waals surface area contributed by atoms with Gasteiger partial charge < -0.3 is 10.1 Å². The van der Waals surface area contributed by atoms with E-state index in [1.807, 2.05) is 26.1 Å². The SMILES string of the molecule is CCNC(Cc1cccc(OC)c1F)c1cnc(C)s1. The number of nitrogens with one attached hydrogen (secondary N) is 1. The molecule has 0 bridgehead atoms. The molecule has 0 aliphatic rings. The zero-order valence-corrected chi connectivity index (χ0v) is 12.8. The van der Waals surface area contributed by atoms with Crippen molar-refractivity contribution in [2.24, 2.45) is 0 Å². The van der Waals surface area contributed by atoms with E-state index in [0.29, 0.717) is 17.7 Å². The van der Waals surface area contributed by atoms with E-state index < -0.39 is 0 Å². The van der Waals surface area contributed by atoms with Crippen LogP contribution in [-0.4, -0.2) is 18.6 Å². The average molecular weight is 294 g/mol. The number of aromatic nitrogens is 1. The normalized spacial score (nSPS) is 12.4. The summed E-state index contributed by atoms with van der Waals surface area (Å²) in [6, 6.07) is 5.33. The fraction of sp³-hybridized carbons (Fsp3) is 0.400. The summed E-state index contributed by atoms with van der Waals surface area (Å²) in [6.45, 7) is 4.85. The van der Waals surface area contributed by atoms with Gasteiger partial charge in [-0.1, -0.05) is 19.1 Å². The molecule has 0 amide bonds. The molecule has 20 heavy (non-hydrogen) atoms. The van der Waals surface area contributed by atoms with Gasteiger partial charge in [0.15, 0.2) is 11.6 Å². The zero-order chi connectivity index (χ0) is 14.5. The van der Waals surface area contributed by atoms with Crippen molar-refractivity contribution < 1.29 is 9.13 Å². The largest absolute Gasteiger partial charge is 0.494 e. The van der Waals surface area contributed by atoms with Crippen LogP contribution in [0.4, 0.5) is 4.39 Å². The van der Waals surface area contributed by atoms with Gasteiger partial charge in [0.25, 0.3) is 0 Å². The number of likely N-dealkylation sites (N-methyl/N-ethyl adjacent to an activating group) is 1. The van der Waals surface area contributed by atoms with E-state index in [0.717, 1.165) is 16.4 Å². The van der Waals surface area contributed by atoms with Crippen molar-refractivity contribution in [3.63, 3.8) is 0 Å². The number of rotatable bonds is 6. The summed E-state index contributed by atoms with van der Waals surface area (Å²) < 4.78 is 19.3. The van der Waals surface area contributed by atoms with Gasteiger partial charge in [-0.15, -0.1) is 11.3 Å². The molecule has 0 radical (unpaired) electrons. The van der Waals surface area contributed by atoms with Crippen LogP contribution in [0.5, 0.6) is 5.75 Å². The number of aryl methyl sites for hydroxylation is 1. The molecule has 0 spiro atoms. The van der Waals surface area contributed by atoms with Gasteiger partial charge in [-0.2, -0.15) is 0 Å². The highest BCUT2D eigenvalue weighted by molar-refractivity contribution is 7.11. The highest BCUT2D eigenvalue weighted by Crippen LogP contribution is 2.27. The second kappa shape index (κ2) is 6.81. The predicted molar refractivity (Wildman–Crippen MR) is 79.9 cm³/mol. The number of nitrogens with zero attached hydrogens (tertiary/aromatic N) is 1. The van der Waals surface area contributed by atoms with Gasteiger partial charge in [0, 0.05) is 17.1 Å². The van der Waals surface area contributed by atoms with Crippen LogP contribution in [0.1, 0.15) is 28.4 Å². The topological polar surface area (TPSA) is 34.1 Å². The van der Waals surface area contributed by atoms with E-state index in [4.69, 9.17) is 4.74 Å². The molecule has 1 N–H and O–H groups in total. The van der Waals surface area contributed by atoms with Gasteiger partial charge in [-0.3, -0.25) is 0 Å². The van der Waals surface area contributed by atoms with Crippen LogP contribution in [0.25, 0.3) is 0 Å². The van der Waals surface area contributed by atoms with Crippen molar-refractivity contribution in [3.8, 4) is 5.75 Å². The lowest BCUT2D eigenvalue weighted by atomic mass is 10.0. The van der Waals surface area contributed by atoms with Gasteiger partial charge >= 0.3 is 0 Å². The highest BCUT2D eigenvalue weighted by atomic mass is 32.1. The minimum absolute atomic E-state index is 0.0767. The van der Waals surface area contributed by atoms with Crippen LogP contribution < -0.4 is 10.1 Å².